The van der Waals surface area contributed by atoms with Crippen LogP contribution in [-0.2, 0) is 32.0 Å². The zero-order chi connectivity index (χ0) is 20.3. The molecule has 148 valence electrons. The second kappa shape index (κ2) is 8.65. The molecule has 2 aliphatic rings. The zero-order valence-corrected chi connectivity index (χ0v) is 16.8. The van der Waals surface area contributed by atoms with Gasteiger partial charge in [-0.15, -0.1) is 0 Å². The molecule has 1 fully saturated rings. The Morgan fingerprint density at radius 1 is 0.893 bits per heavy atom. The molecule has 0 spiro atoms. The third-order valence-electron chi connectivity index (χ3n) is 5.71. The molecule has 0 saturated carbocycles. The van der Waals surface area contributed by atoms with Gasteiger partial charge in [-0.05, 0) is 38.3 Å². The van der Waals surface area contributed by atoms with Gasteiger partial charge in [-0.2, -0.15) is 0 Å². The molecule has 0 unspecified atom stereocenters. The minimum Gasteiger partial charge on any atom is -0.378 e. The van der Waals surface area contributed by atoms with Crippen molar-refractivity contribution in [3.63, 3.8) is 0 Å². The molecule has 0 radical (unpaired) electrons. The Morgan fingerprint density at radius 2 is 1.46 bits per heavy atom. The summed E-state index contributed by atoms with van der Waals surface area (Å²) in [5.41, 5.74) is 4.31. The lowest BCUT2D eigenvalue weighted by Crippen LogP contribution is -2.40. The van der Waals surface area contributed by atoms with Crippen LogP contribution in [0.4, 0.5) is 0 Å². The van der Waals surface area contributed by atoms with Gasteiger partial charge in [0.05, 0.1) is 13.2 Å². The molecule has 1 heterocycles. The van der Waals surface area contributed by atoms with E-state index in [2.05, 4.69) is 0 Å². The van der Waals surface area contributed by atoms with Gasteiger partial charge in [0.15, 0.2) is 11.6 Å². The van der Waals surface area contributed by atoms with Crippen LogP contribution in [0, 0.1) is 0 Å². The number of ether oxygens (including phenoxy) is 1. The third-order valence-corrected chi connectivity index (χ3v) is 5.71. The summed E-state index contributed by atoms with van der Waals surface area (Å²) < 4.78 is 5.28. The molecule has 1 amide bonds. The maximum Gasteiger partial charge on any atom is 0.223 e. The number of morpholine rings is 1. The van der Waals surface area contributed by atoms with Crippen molar-refractivity contribution in [2.75, 3.05) is 26.3 Å². The van der Waals surface area contributed by atoms with Gasteiger partial charge >= 0.3 is 0 Å². The van der Waals surface area contributed by atoms with E-state index in [1.165, 1.54) is 0 Å². The van der Waals surface area contributed by atoms with Crippen molar-refractivity contribution in [2.45, 2.75) is 40.0 Å². The maximum atomic E-state index is 12.6. The van der Waals surface area contributed by atoms with Crippen LogP contribution in [0.1, 0.15) is 38.3 Å². The van der Waals surface area contributed by atoms with E-state index in [0.29, 0.717) is 67.9 Å². The molecule has 1 aromatic rings. The molecule has 5 heteroatoms. The standard InChI is InChI=1S/C23H27NO4/c1-15-16(2)23(27)20(17(3)22(15)26)14-19-6-4-18(5-7-19)8-9-21(25)24-10-12-28-13-11-24/h4-7H,8-14H2,1-3H3. The number of hydrogen-bond donors (Lipinski definition) is 0. The Bertz CT molecular complexity index is 855. The number of carbonyl (C=O) groups excluding carboxylic acids is 3. The van der Waals surface area contributed by atoms with E-state index in [-0.39, 0.29) is 17.5 Å². The number of carbonyl (C=O) groups is 3. The zero-order valence-electron chi connectivity index (χ0n) is 16.8. The monoisotopic (exact) mass is 381 g/mol. The molecule has 1 aliphatic heterocycles. The van der Waals surface area contributed by atoms with Gasteiger partial charge in [0, 0.05) is 48.2 Å². The second-order valence-corrected chi connectivity index (χ2v) is 7.50. The largest absolute Gasteiger partial charge is 0.378 e. The Balaban J connectivity index is 1.61. The summed E-state index contributed by atoms with van der Waals surface area (Å²) in [7, 11) is 0. The lowest BCUT2D eigenvalue weighted by molar-refractivity contribution is -0.135. The molecule has 0 N–H and O–H groups in total. The fourth-order valence-electron chi connectivity index (χ4n) is 3.62. The molecule has 3 rings (SSSR count). The van der Waals surface area contributed by atoms with Gasteiger partial charge in [-0.3, -0.25) is 14.4 Å². The lowest BCUT2D eigenvalue weighted by atomic mass is 9.83. The summed E-state index contributed by atoms with van der Waals surface area (Å²) in [5, 5.41) is 0. The van der Waals surface area contributed by atoms with E-state index in [4.69, 9.17) is 4.74 Å². The number of ketones is 2. The van der Waals surface area contributed by atoms with E-state index in [9.17, 15) is 14.4 Å². The summed E-state index contributed by atoms with van der Waals surface area (Å²) in [5.74, 6) is 0.0947. The predicted octanol–water partition coefficient (Wildman–Crippen LogP) is 2.83. The van der Waals surface area contributed by atoms with Crippen LogP contribution in [0.5, 0.6) is 0 Å². The number of aryl methyl sites for hydroxylation is 1. The fourth-order valence-corrected chi connectivity index (χ4v) is 3.62. The van der Waals surface area contributed by atoms with Crippen LogP contribution in [0.15, 0.2) is 46.6 Å². The van der Waals surface area contributed by atoms with Crippen molar-refractivity contribution in [1.82, 2.24) is 4.90 Å². The van der Waals surface area contributed by atoms with E-state index < -0.39 is 0 Å². The maximum absolute atomic E-state index is 12.6. The minimum atomic E-state index is -0.0367. The molecule has 0 atom stereocenters. The van der Waals surface area contributed by atoms with Crippen molar-refractivity contribution in [3.05, 3.63) is 57.7 Å². The fraction of sp³-hybridized carbons (Fsp3) is 0.435. The van der Waals surface area contributed by atoms with E-state index >= 15 is 0 Å². The number of rotatable bonds is 5. The molecular weight excluding hydrogens is 354 g/mol. The molecule has 1 saturated heterocycles. The van der Waals surface area contributed by atoms with Crippen LogP contribution in [0.3, 0.4) is 0 Å². The Morgan fingerprint density at radius 3 is 2.11 bits per heavy atom. The van der Waals surface area contributed by atoms with E-state index in [0.717, 1.165) is 11.1 Å². The summed E-state index contributed by atoms with van der Waals surface area (Å²) >= 11 is 0. The number of hydrogen-bond acceptors (Lipinski definition) is 4. The van der Waals surface area contributed by atoms with Crippen molar-refractivity contribution >= 4 is 17.5 Å². The number of benzene rings is 1. The number of nitrogens with zero attached hydrogens (tertiary/aromatic N) is 1. The van der Waals surface area contributed by atoms with Gasteiger partial charge in [-0.1, -0.05) is 24.3 Å². The van der Waals surface area contributed by atoms with Crippen molar-refractivity contribution in [1.29, 1.82) is 0 Å². The topological polar surface area (TPSA) is 63.7 Å². The van der Waals surface area contributed by atoms with Crippen molar-refractivity contribution < 1.29 is 19.1 Å². The summed E-state index contributed by atoms with van der Waals surface area (Å²) in [6.45, 7) is 7.74. The first kappa shape index (κ1) is 20.2. The van der Waals surface area contributed by atoms with Gasteiger partial charge in [0.2, 0.25) is 5.91 Å². The number of allylic oxidation sites excluding steroid dienone is 4. The van der Waals surface area contributed by atoms with Crippen LogP contribution < -0.4 is 0 Å². The molecule has 5 nitrogen and oxygen atoms in total. The summed E-state index contributed by atoms with van der Waals surface area (Å²) in [6.07, 6.45) is 1.63. The van der Waals surface area contributed by atoms with E-state index in [1.807, 2.05) is 29.2 Å². The predicted molar refractivity (Wildman–Crippen MR) is 107 cm³/mol. The van der Waals surface area contributed by atoms with Crippen molar-refractivity contribution in [2.24, 2.45) is 0 Å². The third kappa shape index (κ3) is 4.30. The average molecular weight is 381 g/mol. The quantitative estimate of drug-likeness (QED) is 0.736. The normalized spacial score (nSPS) is 18.2. The molecule has 0 bridgehead atoms. The first-order valence-electron chi connectivity index (χ1n) is 9.78. The highest BCUT2D eigenvalue weighted by Crippen LogP contribution is 2.26. The highest BCUT2D eigenvalue weighted by atomic mass is 16.5. The summed E-state index contributed by atoms with van der Waals surface area (Å²) in [6, 6.07) is 7.96. The summed E-state index contributed by atoms with van der Waals surface area (Å²) in [4.78, 5) is 39.0. The molecule has 0 aromatic heterocycles. The molecule has 1 aliphatic carbocycles. The van der Waals surface area contributed by atoms with Crippen molar-refractivity contribution in [3.8, 4) is 0 Å². The van der Waals surface area contributed by atoms with Crippen LogP contribution in [0.2, 0.25) is 0 Å². The average Bonchev–Trinajstić information content (AvgIpc) is 2.73. The first-order valence-corrected chi connectivity index (χ1v) is 9.78. The highest BCUT2D eigenvalue weighted by Gasteiger charge is 2.27. The van der Waals surface area contributed by atoms with Crippen LogP contribution in [0.25, 0.3) is 0 Å². The first-order chi connectivity index (χ1) is 13.4. The minimum absolute atomic E-state index is 0.0326. The van der Waals surface area contributed by atoms with Gasteiger partial charge in [0.1, 0.15) is 0 Å². The molecular formula is C23H27NO4. The Kier molecular flexibility index (Phi) is 6.25. The van der Waals surface area contributed by atoms with E-state index in [1.54, 1.807) is 20.8 Å². The Hall–Kier alpha value is -2.53. The molecule has 28 heavy (non-hydrogen) atoms. The van der Waals surface area contributed by atoms with Gasteiger partial charge < -0.3 is 9.64 Å². The Labute approximate surface area is 166 Å². The SMILES string of the molecule is CC1=C(C)C(=O)C(Cc2ccc(CCC(=O)N3CCOCC3)cc2)=C(C)C1=O. The smallest absolute Gasteiger partial charge is 0.223 e. The number of Topliss-reactive ketones (excluding diaryl/α,β-unsaturated/α-hetero) is 2. The number of amides is 1. The van der Waals surface area contributed by atoms with Gasteiger partial charge in [0.25, 0.3) is 0 Å². The van der Waals surface area contributed by atoms with Crippen LogP contribution >= 0.6 is 0 Å². The molecule has 1 aromatic carbocycles. The van der Waals surface area contributed by atoms with Crippen LogP contribution in [-0.4, -0.2) is 48.7 Å². The highest BCUT2D eigenvalue weighted by molar-refractivity contribution is 6.24. The van der Waals surface area contributed by atoms with Gasteiger partial charge in [-0.25, -0.2) is 0 Å². The lowest BCUT2D eigenvalue weighted by Gasteiger charge is -2.26. The second-order valence-electron chi connectivity index (χ2n) is 7.50.